The summed E-state index contributed by atoms with van der Waals surface area (Å²) >= 11 is 6.27. The smallest absolute Gasteiger partial charge is 0.417 e. The summed E-state index contributed by atoms with van der Waals surface area (Å²) in [7, 11) is 0. The fourth-order valence-corrected chi connectivity index (χ4v) is 4.88. The molecule has 0 radical (unpaired) electrons. The summed E-state index contributed by atoms with van der Waals surface area (Å²) in [6.07, 6.45) is -1.73. The molecule has 4 heterocycles. The van der Waals surface area contributed by atoms with E-state index < -0.39 is 17.7 Å². The zero-order valence-electron chi connectivity index (χ0n) is 15.9. The lowest BCUT2D eigenvalue weighted by atomic mass is 10.1. The van der Waals surface area contributed by atoms with Gasteiger partial charge in [0, 0.05) is 31.4 Å². The molecule has 2 atom stereocenters. The summed E-state index contributed by atoms with van der Waals surface area (Å²) in [5, 5.41) is 13.3. The third kappa shape index (κ3) is 3.25. The molecule has 2 aliphatic heterocycles. The first-order valence-electron chi connectivity index (χ1n) is 9.61. The van der Waals surface area contributed by atoms with E-state index in [2.05, 4.69) is 10.1 Å². The normalized spacial score (nSPS) is 21.2. The Bertz CT molecular complexity index is 1170. The number of carbonyl (C=O) groups is 1. The Kier molecular flexibility index (Phi) is 4.51. The molecule has 0 saturated carbocycles. The molecule has 2 saturated heterocycles. The minimum Gasteiger partial charge on any atom is -0.478 e. The molecule has 5 rings (SSSR count). The van der Waals surface area contributed by atoms with Gasteiger partial charge in [0.15, 0.2) is 11.4 Å². The molecule has 0 aliphatic carbocycles. The van der Waals surface area contributed by atoms with Gasteiger partial charge in [0.1, 0.15) is 5.82 Å². The maximum atomic E-state index is 13.6. The van der Waals surface area contributed by atoms with Gasteiger partial charge in [-0.2, -0.15) is 13.2 Å². The molecule has 1 N–H and O–H groups in total. The summed E-state index contributed by atoms with van der Waals surface area (Å²) in [6, 6.07) is 4.96. The zero-order valence-corrected chi connectivity index (χ0v) is 16.7. The van der Waals surface area contributed by atoms with Crippen molar-refractivity contribution in [3.63, 3.8) is 0 Å². The van der Waals surface area contributed by atoms with Gasteiger partial charge < -0.3 is 19.4 Å². The van der Waals surface area contributed by atoms with E-state index in [1.54, 1.807) is 0 Å². The predicted octanol–water partition coefficient (Wildman–Crippen LogP) is 4.45. The van der Waals surface area contributed by atoms with Crippen molar-refractivity contribution in [1.29, 1.82) is 0 Å². The first kappa shape index (κ1) is 19.9. The third-order valence-electron chi connectivity index (χ3n) is 5.88. The number of hydrogen-bond acceptors (Lipinski definition) is 6. The molecule has 1 aromatic carbocycles. The molecule has 0 amide bonds. The molecule has 2 aliphatic rings. The summed E-state index contributed by atoms with van der Waals surface area (Å²) in [4.78, 5) is 19.2. The Labute approximate surface area is 179 Å². The number of aromatic carboxylic acids is 1. The van der Waals surface area contributed by atoms with E-state index >= 15 is 0 Å². The van der Waals surface area contributed by atoms with Crippen molar-refractivity contribution in [2.24, 2.45) is 0 Å². The highest BCUT2D eigenvalue weighted by atomic mass is 35.5. The van der Waals surface area contributed by atoms with Gasteiger partial charge in [0.2, 0.25) is 0 Å². The van der Waals surface area contributed by atoms with Gasteiger partial charge in [-0.25, -0.2) is 9.78 Å². The minimum absolute atomic E-state index is 0.0101. The number of aromatic nitrogens is 2. The number of benzene rings is 1. The average molecular weight is 453 g/mol. The summed E-state index contributed by atoms with van der Waals surface area (Å²) in [5.74, 6) is -0.455. The molecule has 162 valence electrons. The molecule has 2 unspecified atom stereocenters. The fourth-order valence-electron chi connectivity index (χ4n) is 4.59. The SMILES string of the molecule is O=C(O)c1cnc(N2CC3CCC(C2)N3c2noc3cccc(C(F)(F)F)c23)c(Cl)c1. The number of hydrogen-bond donors (Lipinski definition) is 1. The lowest BCUT2D eigenvalue weighted by molar-refractivity contribution is -0.136. The van der Waals surface area contributed by atoms with Crippen molar-refractivity contribution >= 4 is 40.2 Å². The van der Waals surface area contributed by atoms with Crippen molar-refractivity contribution in [1.82, 2.24) is 10.1 Å². The number of pyridine rings is 1. The molecule has 2 fully saturated rings. The number of alkyl halides is 3. The molecular formula is C20H16ClF3N4O3. The standard InChI is InChI=1S/C20H16ClF3N4O3/c21-14-6-10(19(29)30)7-25-17(14)27-8-11-4-5-12(9-27)28(11)18-16-13(20(22,23)24)2-1-3-15(16)31-26-18/h1-3,6-7,11-12H,4-5,8-9H2,(H,29,30). The molecule has 0 spiro atoms. The Morgan fingerprint density at radius 1 is 1.19 bits per heavy atom. The van der Waals surface area contributed by atoms with Gasteiger partial charge in [-0.1, -0.05) is 22.8 Å². The molecular weight excluding hydrogens is 437 g/mol. The summed E-state index contributed by atoms with van der Waals surface area (Å²) in [5.41, 5.74) is -0.679. The number of anilines is 2. The second-order valence-corrected chi connectivity index (χ2v) is 8.12. The van der Waals surface area contributed by atoms with Crippen molar-refractivity contribution < 1.29 is 27.6 Å². The topological polar surface area (TPSA) is 82.7 Å². The highest BCUT2D eigenvalue weighted by Gasteiger charge is 2.44. The van der Waals surface area contributed by atoms with E-state index in [9.17, 15) is 18.0 Å². The van der Waals surface area contributed by atoms with Gasteiger partial charge >= 0.3 is 12.1 Å². The van der Waals surface area contributed by atoms with Crippen LogP contribution in [0, 0.1) is 0 Å². The molecule has 3 aromatic rings. The number of piperazine rings is 1. The first-order chi connectivity index (χ1) is 14.7. The monoisotopic (exact) mass is 452 g/mol. The van der Waals surface area contributed by atoms with Crippen molar-refractivity contribution in [3.05, 3.63) is 46.6 Å². The highest BCUT2D eigenvalue weighted by Crippen LogP contribution is 2.44. The second-order valence-electron chi connectivity index (χ2n) is 7.71. The van der Waals surface area contributed by atoms with Crippen LogP contribution in [-0.4, -0.2) is 46.4 Å². The predicted molar refractivity (Wildman–Crippen MR) is 107 cm³/mol. The van der Waals surface area contributed by atoms with Crippen molar-refractivity contribution in [3.8, 4) is 0 Å². The summed E-state index contributed by atoms with van der Waals surface area (Å²) in [6.45, 7) is 0.941. The number of halogens is 4. The van der Waals surface area contributed by atoms with Gasteiger partial charge in [-0.3, -0.25) is 0 Å². The number of carboxylic acid groups (broad SMARTS) is 1. The Balaban J connectivity index is 1.49. The van der Waals surface area contributed by atoms with Crippen LogP contribution in [0.1, 0.15) is 28.8 Å². The van der Waals surface area contributed by atoms with Gasteiger partial charge in [0.25, 0.3) is 0 Å². The van der Waals surface area contributed by atoms with E-state index in [1.807, 2.05) is 9.80 Å². The molecule has 31 heavy (non-hydrogen) atoms. The highest BCUT2D eigenvalue weighted by molar-refractivity contribution is 6.33. The number of rotatable bonds is 3. The van der Waals surface area contributed by atoms with Crippen LogP contribution in [-0.2, 0) is 6.18 Å². The van der Waals surface area contributed by atoms with Crippen LogP contribution in [0.15, 0.2) is 35.0 Å². The lowest BCUT2D eigenvalue weighted by Crippen LogP contribution is -2.54. The first-order valence-corrected chi connectivity index (χ1v) is 9.99. The zero-order chi connectivity index (χ0) is 21.9. The van der Waals surface area contributed by atoms with Crippen LogP contribution < -0.4 is 9.80 Å². The van der Waals surface area contributed by atoms with E-state index in [-0.39, 0.29) is 39.5 Å². The van der Waals surface area contributed by atoms with Crippen LogP contribution in [0.5, 0.6) is 0 Å². The van der Waals surface area contributed by atoms with Gasteiger partial charge in [0.05, 0.1) is 21.5 Å². The van der Waals surface area contributed by atoms with E-state index in [0.29, 0.717) is 18.9 Å². The van der Waals surface area contributed by atoms with Crippen LogP contribution in [0.3, 0.4) is 0 Å². The Morgan fingerprint density at radius 3 is 2.52 bits per heavy atom. The van der Waals surface area contributed by atoms with Crippen LogP contribution >= 0.6 is 11.6 Å². The van der Waals surface area contributed by atoms with E-state index in [0.717, 1.165) is 18.9 Å². The second kappa shape index (κ2) is 7.01. The number of nitrogens with zero attached hydrogens (tertiary/aromatic N) is 4. The van der Waals surface area contributed by atoms with Crippen LogP contribution in [0.4, 0.5) is 24.8 Å². The third-order valence-corrected chi connectivity index (χ3v) is 6.16. The maximum absolute atomic E-state index is 13.6. The minimum atomic E-state index is -4.52. The Morgan fingerprint density at radius 2 is 1.90 bits per heavy atom. The van der Waals surface area contributed by atoms with Gasteiger partial charge in [-0.05, 0) is 31.0 Å². The van der Waals surface area contributed by atoms with Crippen LogP contribution in [0.2, 0.25) is 5.02 Å². The number of fused-ring (bicyclic) bond motifs is 3. The molecule has 7 nitrogen and oxygen atoms in total. The Hall–Kier alpha value is -3.01. The maximum Gasteiger partial charge on any atom is 0.417 e. The molecule has 2 aromatic heterocycles. The quantitative estimate of drug-likeness (QED) is 0.628. The fraction of sp³-hybridized carbons (Fsp3) is 0.350. The lowest BCUT2D eigenvalue weighted by Gasteiger charge is -2.42. The summed E-state index contributed by atoms with van der Waals surface area (Å²) < 4.78 is 46.1. The van der Waals surface area contributed by atoms with Gasteiger partial charge in [-0.15, -0.1) is 0 Å². The van der Waals surface area contributed by atoms with E-state index in [1.165, 1.54) is 24.4 Å². The van der Waals surface area contributed by atoms with Crippen molar-refractivity contribution in [2.45, 2.75) is 31.1 Å². The molecule has 11 heteroatoms. The van der Waals surface area contributed by atoms with Crippen LogP contribution in [0.25, 0.3) is 11.0 Å². The molecule has 2 bridgehead atoms. The average Bonchev–Trinajstić information content (AvgIpc) is 3.24. The van der Waals surface area contributed by atoms with E-state index in [4.69, 9.17) is 21.2 Å². The number of carboxylic acids is 1. The van der Waals surface area contributed by atoms with Crippen molar-refractivity contribution in [2.75, 3.05) is 22.9 Å². The largest absolute Gasteiger partial charge is 0.478 e.